The maximum Gasteiger partial charge on any atom is 0.261 e. The molecule has 6 heteroatoms. The number of unbranched alkanes of at least 4 members (excludes halogenated alkanes) is 1. The van der Waals surface area contributed by atoms with Gasteiger partial charge in [0.1, 0.15) is 11.8 Å². The average molecular weight is 537 g/mol. The molecule has 0 unspecified atom stereocenters. The van der Waals surface area contributed by atoms with Crippen LogP contribution in [0.3, 0.4) is 0 Å². The van der Waals surface area contributed by atoms with E-state index in [1.807, 2.05) is 85.8 Å². The summed E-state index contributed by atoms with van der Waals surface area (Å²) in [7, 11) is 0. The van der Waals surface area contributed by atoms with Crippen LogP contribution < -0.4 is 10.1 Å². The molecule has 0 saturated heterocycles. The van der Waals surface area contributed by atoms with Gasteiger partial charge in [-0.25, -0.2) is 0 Å². The van der Waals surface area contributed by atoms with E-state index >= 15 is 0 Å². The first-order valence-electron chi connectivity index (χ1n) is 12.0. The lowest BCUT2D eigenvalue weighted by atomic mass is 10.0. The van der Waals surface area contributed by atoms with E-state index in [9.17, 15) is 9.59 Å². The van der Waals surface area contributed by atoms with E-state index in [0.29, 0.717) is 25.3 Å². The van der Waals surface area contributed by atoms with Gasteiger partial charge in [0.25, 0.3) is 5.91 Å². The third kappa shape index (κ3) is 8.55. The van der Waals surface area contributed by atoms with Crippen molar-refractivity contribution < 1.29 is 14.3 Å². The van der Waals surface area contributed by atoms with Crippen molar-refractivity contribution in [2.24, 2.45) is 0 Å². The normalized spacial score (nSPS) is 11.5. The predicted molar refractivity (Wildman–Crippen MR) is 143 cm³/mol. The second-order valence-electron chi connectivity index (χ2n) is 8.60. The van der Waals surface area contributed by atoms with E-state index in [1.165, 1.54) is 0 Å². The van der Waals surface area contributed by atoms with Crippen molar-refractivity contribution in [3.05, 3.63) is 100 Å². The van der Waals surface area contributed by atoms with E-state index in [0.717, 1.165) is 34.0 Å². The monoisotopic (exact) mass is 536 g/mol. The largest absolute Gasteiger partial charge is 0.484 e. The van der Waals surface area contributed by atoms with Crippen LogP contribution in [0.4, 0.5) is 0 Å². The Bertz CT molecular complexity index is 1070. The fraction of sp³-hybridized carbons (Fsp3) is 0.310. The first-order valence-corrected chi connectivity index (χ1v) is 12.8. The zero-order valence-corrected chi connectivity index (χ0v) is 22.0. The van der Waals surface area contributed by atoms with E-state index in [2.05, 4.69) is 28.2 Å². The van der Waals surface area contributed by atoms with Crippen molar-refractivity contribution in [3.63, 3.8) is 0 Å². The minimum atomic E-state index is -0.660. The number of nitrogens with one attached hydrogen (secondary N) is 1. The Balaban J connectivity index is 1.86. The molecule has 0 bridgehead atoms. The van der Waals surface area contributed by atoms with Crippen molar-refractivity contribution >= 4 is 27.7 Å². The molecule has 0 saturated carbocycles. The van der Waals surface area contributed by atoms with Gasteiger partial charge in [-0.05, 0) is 48.7 Å². The summed E-state index contributed by atoms with van der Waals surface area (Å²) < 4.78 is 6.77. The smallest absolute Gasteiger partial charge is 0.261 e. The van der Waals surface area contributed by atoms with Gasteiger partial charge in [0.2, 0.25) is 5.91 Å². The van der Waals surface area contributed by atoms with Gasteiger partial charge in [0.15, 0.2) is 6.61 Å². The number of hydrogen-bond donors (Lipinski definition) is 1. The van der Waals surface area contributed by atoms with Crippen LogP contribution in [0.2, 0.25) is 0 Å². The molecule has 0 aliphatic rings. The molecule has 0 aliphatic heterocycles. The molecule has 3 aromatic carbocycles. The molecule has 0 aliphatic carbocycles. The molecule has 0 spiro atoms. The number of benzene rings is 3. The second kappa shape index (κ2) is 13.7. The summed E-state index contributed by atoms with van der Waals surface area (Å²) in [5.74, 6) is 0.239. The summed E-state index contributed by atoms with van der Waals surface area (Å²) in [4.78, 5) is 28.5. The van der Waals surface area contributed by atoms with Crippen molar-refractivity contribution in [2.45, 2.75) is 45.7 Å². The first-order chi connectivity index (χ1) is 17.0. The fourth-order valence-electron chi connectivity index (χ4n) is 3.71. The lowest BCUT2D eigenvalue weighted by Crippen LogP contribution is -2.51. The predicted octanol–water partition coefficient (Wildman–Crippen LogP) is 5.69. The standard InChI is InChI=1S/C29H33BrN2O3/c1-3-4-18-31-29(34)27(19-23-8-6-5-7-9-23)32(20-24-12-14-25(30)15-13-24)28(33)21-35-26-16-10-22(2)11-17-26/h5-17,27H,3-4,18-21H2,1-2H3,(H,31,34)/t27-/m1/s1. The number of amides is 2. The molecule has 3 aromatic rings. The molecule has 0 heterocycles. The minimum Gasteiger partial charge on any atom is -0.484 e. The first kappa shape index (κ1) is 26.5. The van der Waals surface area contributed by atoms with Crippen LogP contribution in [0.1, 0.15) is 36.5 Å². The Morgan fingerprint density at radius 3 is 2.29 bits per heavy atom. The van der Waals surface area contributed by atoms with Crippen molar-refractivity contribution in [2.75, 3.05) is 13.2 Å². The van der Waals surface area contributed by atoms with Gasteiger partial charge in [-0.2, -0.15) is 0 Å². The third-order valence-electron chi connectivity index (χ3n) is 5.75. The number of hydrogen-bond acceptors (Lipinski definition) is 3. The van der Waals surface area contributed by atoms with Gasteiger partial charge in [-0.1, -0.05) is 89.4 Å². The van der Waals surface area contributed by atoms with Crippen LogP contribution in [-0.4, -0.2) is 35.9 Å². The van der Waals surface area contributed by atoms with Gasteiger partial charge in [0.05, 0.1) is 0 Å². The molecule has 5 nitrogen and oxygen atoms in total. The topological polar surface area (TPSA) is 58.6 Å². The van der Waals surface area contributed by atoms with Crippen LogP contribution in [0.15, 0.2) is 83.3 Å². The van der Waals surface area contributed by atoms with Crippen molar-refractivity contribution in [3.8, 4) is 5.75 Å². The molecular formula is C29H33BrN2O3. The van der Waals surface area contributed by atoms with Crippen LogP contribution >= 0.6 is 15.9 Å². The minimum absolute atomic E-state index is 0.146. The molecule has 0 fully saturated rings. The molecular weight excluding hydrogens is 504 g/mol. The number of carbonyl (C=O) groups excluding carboxylic acids is 2. The lowest BCUT2D eigenvalue weighted by Gasteiger charge is -2.31. The highest BCUT2D eigenvalue weighted by Gasteiger charge is 2.30. The second-order valence-corrected chi connectivity index (χ2v) is 9.52. The molecule has 1 N–H and O–H groups in total. The maximum absolute atomic E-state index is 13.5. The average Bonchev–Trinajstić information content (AvgIpc) is 2.87. The van der Waals surface area contributed by atoms with Gasteiger partial charge >= 0.3 is 0 Å². The number of halogens is 1. The van der Waals surface area contributed by atoms with Gasteiger partial charge in [-0.15, -0.1) is 0 Å². The van der Waals surface area contributed by atoms with Crippen molar-refractivity contribution in [1.29, 1.82) is 0 Å². The highest BCUT2D eigenvalue weighted by molar-refractivity contribution is 9.10. The molecule has 3 rings (SSSR count). The van der Waals surface area contributed by atoms with E-state index < -0.39 is 6.04 Å². The van der Waals surface area contributed by atoms with Gasteiger partial charge in [-0.3, -0.25) is 9.59 Å². The van der Waals surface area contributed by atoms with E-state index in [4.69, 9.17) is 4.74 Å². The number of nitrogens with zero attached hydrogens (tertiary/aromatic N) is 1. The van der Waals surface area contributed by atoms with Crippen LogP contribution in [0.25, 0.3) is 0 Å². The Hall–Kier alpha value is -3.12. The SMILES string of the molecule is CCCCNC(=O)[C@@H](Cc1ccccc1)N(Cc1ccc(Br)cc1)C(=O)COc1ccc(C)cc1. The zero-order valence-electron chi connectivity index (χ0n) is 20.4. The van der Waals surface area contributed by atoms with Gasteiger partial charge < -0.3 is 15.0 Å². The van der Waals surface area contributed by atoms with Crippen LogP contribution in [0, 0.1) is 6.92 Å². The summed E-state index contributed by atoms with van der Waals surface area (Å²) in [5, 5.41) is 3.03. The highest BCUT2D eigenvalue weighted by Crippen LogP contribution is 2.18. The molecule has 0 radical (unpaired) electrons. The Morgan fingerprint density at radius 2 is 1.63 bits per heavy atom. The van der Waals surface area contributed by atoms with E-state index in [1.54, 1.807) is 4.90 Å². The summed E-state index contributed by atoms with van der Waals surface area (Å²) in [6, 6.07) is 24.5. The Kier molecular flexibility index (Phi) is 10.4. The summed E-state index contributed by atoms with van der Waals surface area (Å²) in [5.41, 5.74) is 3.06. The Morgan fingerprint density at radius 1 is 0.943 bits per heavy atom. The molecule has 0 aromatic heterocycles. The third-order valence-corrected chi connectivity index (χ3v) is 6.28. The summed E-state index contributed by atoms with van der Waals surface area (Å²) >= 11 is 3.46. The zero-order chi connectivity index (χ0) is 25.0. The lowest BCUT2D eigenvalue weighted by molar-refractivity contribution is -0.142. The summed E-state index contributed by atoms with van der Waals surface area (Å²) in [6.45, 7) is 4.83. The Labute approximate surface area is 216 Å². The van der Waals surface area contributed by atoms with Crippen molar-refractivity contribution in [1.82, 2.24) is 10.2 Å². The quantitative estimate of drug-likeness (QED) is 0.302. The number of carbonyl (C=O) groups is 2. The number of aryl methyl sites for hydroxylation is 1. The molecule has 184 valence electrons. The molecule has 35 heavy (non-hydrogen) atoms. The number of rotatable bonds is 12. The number of ether oxygens (including phenoxy) is 1. The van der Waals surface area contributed by atoms with Gasteiger partial charge in [0, 0.05) is 24.0 Å². The highest BCUT2D eigenvalue weighted by atomic mass is 79.9. The van der Waals surface area contributed by atoms with Crippen LogP contribution in [-0.2, 0) is 22.6 Å². The van der Waals surface area contributed by atoms with Crippen LogP contribution in [0.5, 0.6) is 5.75 Å². The molecule has 1 atom stereocenters. The maximum atomic E-state index is 13.5. The molecule has 2 amide bonds. The fourth-order valence-corrected chi connectivity index (χ4v) is 3.97. The summed E-state index contributed by atoms with van der Waals surface area (Å²) in [6.07, 6.45) is 2.29. The van der Waals surface area contributed by atoms with E-state index in [-0.39, 0.29) is 18.4 Å².